The van der Waals surface area contributed by atoms with Gasteiger partial charge in [0.15, 0.2) is 0 Å². The molecule has 1 N–H and O–H groups in total. The summed E-state index contributed by atoms with van der Waals surface area (Å²) in [5.74, 6) is 0.867. The number of ether oxygens (including phenoxy) is 1. The zero-order chi connectivity index (χ0) is 12.1. The smallest absolute Gasteiger partial charge is 0.123 e. The number of nitrogens with one attached hydrogen (secondary N) is 1. The summed E-state index contributed by atoms with van der Waals surface area (Å²) in [6.45, 7) is 2.55. The second-order valence-corrected chi connectivity index (χ2v) is 3.67. The molecule has 2 rings (SSSR count). The average molecular weight is 229 g/mol. The minimum atomic E-state index is 0.600. The number of aromatic amines is 1. The summed E-state index contributed by atoms with van der Waals surface area (Å²) < 4.78 is 5.28. The first-order valence-electron chi connectivity index (χ1n) is 5.43. The van der Waals surface area contributed by atoms with Gasteiger partial charge in [-0.1, -0.05) is 18.2 Å². The van der Waals surface area contributed by atoms with Crippen LogP contribution in [0.25, 0.3) is 0 Å². The molecule has 4 heteroatoms. The standard InChI is InChI=1S/C13H15N3O/c1-10(12-8-14-9-16-12)15-7-11-5-3-4-6-13(11)17-2/h3-6,8-9H,7H2,1-2H3,(H,14,16)/b15-10-. The van der Waals surface area contributed by atoms with E-state index in [1.54, 1.807) is 13.4 Å². The van der Waals surface area contributed by atoms with Crippen LogP contribution in [-0.4, -0.2) is 22.8 Å². The highest BCUT2D eigenvalue weighted by atomic mass is 16.5. The van der Waals surface area contributed by atoms with Crippen LogP contribution in [0.3, 0.4) is 0 Å². The third kappa shape index (κ3) is 2.72. The Balaban J connectivity index is 2.14. The number of imidazole rings is 1. The fraction of sp³-hybridized carbons (Fsp3) is 0.231. The molecular formula is C13H15N3O. The number of aromatic nitrogens is 2. The van der Waals surface area contributed by atoms with Crippen LogP contribution in [0, 0.1) is 0 Å². The van der Waals surface area contributed by atoms with E-state index in [1.807, 2.05) is 37.4 Å². The van der Waals surface area contributed by atoms with Crippen molar-refractivity contribution < 1.29 is 4.74 Å². The molecule has 0 fully saturated rings. The number of aliphatic imine (C=N–C) groups is 1. The van der Waals surface area contributed by atoms with Crippen molar-refractivity contribution in [2.24, 2.45) is 4.99 Å². The Kier molecular flexibility index (Phi) is 3.55. The van der Waals surface area contributed by atoms with Crippen LogP contribution in [0.5, 0.6) is 5.75 Å². The van der Waals surface area contributed by atoms with Crippen molar-refractivity contribution in [3.8, 4) is 5.75 Å². The lowest BCUT2D eigenvalue weighted by Crippen LogP contribution is -1.97. The Bertz CT molecular complexity index is 503. The first kappa shape index (κ1) is 11.4. The van der Waals surface area contributed by atoms with Gasteiger partial charge in [-0.3, -0.25) is 4.99 Å². The van der Waals surface area contributed by atoms with E-state index in [-0.39, 0.29) is 0 Å². The monoisotopic (exact) mass is 229 g/mol. The zero-order valence-corrected chi connectivity index (χ0v) is 9.97. The molecule has 1 aromatic heterocycles. The van der Waals surface area contributed by atoms with Gasteiger partial charge in [0.05, 0.1) is 25.7 Å². The number of hydrogen-bond acceptors (Lipinski definition) is 3. The normalized spacial score (nSPS) is 11.5. The van der Waals surface area contributed by atoms with Crippen molar-refractivity contribution in [2.45, 2.75) is 13.5 Å². The van der Waals surface area contributed by atoms with E-state index in [0.717, 1.165) is 22.7 Å². The van der Waals surface area contributed by atoms with E-state index in [1.165, 1.54) is 0 Å². The molecule has 1 aromatic carbocycles. The van der Waals surface area contributed by atoms with Gasteiger partial charge in [0.2, 0.25) is 0 Å². The molecule has 2 aromatic rings. The van der Waals surface area contributed by atoms with Crippen LogP contribution in [-0.2, 0) is 6.54 Å². The molecule has 0 bridgehead atoms. The van der Waals surface area contributed by atoms with E-state index in [2.05, 4.69) is 15.0 Å². The first-order chi connectivity index (χ1) is 8.31. The van der Waals surface area contributed by atoms with E-state index >= 15 is 0 Å². The van der Waals surface area contributed by atoms with Gasteiger partial charge in [0.25, 0.3) is 0 Å². The van der Waals surface area contributed by atoms with Crippen LogP contribution in [0.2, 0.25) is 0 Å². The maximum atomic E-state index is 5.28. The van der Waals surface area contributed by atoms with Crippen molar-refractivity contribution in [2.75, 3.05) is 7.11 Å². The fourth-order valence-corrected chi connectivity index (χ4v) is 1.58. The van der Waals surface area contributed by atoms with Gasteiger partial charge >= 0.3 is 0 Å². The van der Waals surface area contributed by atoms with Crippen molar-refractivity contribution in [3.63, 3.8) is 0 Å². The van der Waals surface area contributed by atoms with Gasteiger partial charge in [0.1, 0.15) is 11.4 Å². The van der Waals surface area contributed by atoms with E-state index < -0.39 is 0 Å². The lowest BCUT2D eigenvalue weighted by atomic mass is 10.2. The Morgan fingerprint density at radius 2 is 2.24 bits per heavy atom. The van der Waals surface area contributed by atoms with Gasteiger partial charge in [-0.2, -0.15) is 0 Å². The van der Waals surface area contributed by atoms with Gasteiger partial charge < -0.3 is 9.72 Å². The molecule has 0 aliphatic heterocycles. The number of para-hydroxylation sites is 1. The zero-order valence-electron chi connectivity index (χ0n) is 9.97. The topological polar surface area (TPSA) is 50.3 Å². The number of H-pyrrole nitrogens is 1. The lowest BCUT2D eigenvalue weighted by molar-refractivity contribution is 0.410. The quantitative estimate of drug-likeness (QED) is 0.818. The number of nitrogens with zero attached hydrogens (tertiary/aromatic N) is 2. The Hall–Kier alpha value is -2.10. The maximum Gasteiger partial charge on any atom is 0.123 e. The van der Waals surface area contributed by atoms with Crippen LogP contribution < -0.4 is 4.74 Å². The minimum Gasteiger partial charge on any atom is -0.496 e. The van der Waals surface area contributed by atoms with E-state index in [4.69, 9.17) is 4.74 Å². The highest BCUT2D eigenvalue weighted by Gasteiger charge is 2.02. The van der Waals surface area contributed by atoms with Gasteiger partial charge in [-0.25, -0.2) is 4.98 Å². The Labute approximate surface area is 100 Å². The highest BCUT2D eigenvalue weighted by molar-refractivity contribution is 5.96. The van der Waals surface area contributed by atoms with Crippen molar-refractivity contribution in [1.29, 1.82) is 0 Å². The maximum absolute atomic E-state index is 5.28. The summed E-state index contributed by atoms with van der Waals surface area (Å²) in [6, 6.07) is 7.89. The second-order valence-electron chi connectivity index (χ2n) is 3.67. The molecule has 0 atom stereocenters. The number of hydrogen-bond donors (Lipinski definition) is 1. The third-order valence-corrected chi connectivity index (χ3v) is 2.55. The molecule has 0 amide bonds. The van der Waals surface area contributed by atoms with E-state index in [0.29, 0.717) is 6.54 Å². The van der Waals surface area contributed by atoms with Crippen molar-refractivity contribution in [3.05, 3.63) is 48.0 Å². The summed E-state index contributed by atoms with van der Waals surface area (Å²) in [4.78, 5) is 11.6. The van der Waals surface area contributed by atoms with Crippen LogP contribution in [0.4, 0.5) is 0 Å². The molecule has 4 nitrogen and oxygen atoms in total. The summed E-state index contributed by atoms with van der Waals surface area (Å²) in [7, 11) is 1.67. The summed E-state index contributed by atoms with van der Waals surface area (Å²) in [5.41, 5.74) is 2.86. The number of benzene rings is 1. The Morgan fingerprint density at radius 3 is 2.94 bits per heavy atom. The highest BCUT2D eigenvalue weighted by Crippen LogP contribution is 2.18. The molecule has 0 spiro atoms. The summed E-state index contributed by atoms with van der Waals surface area (Å²) in [6.07, 6.45) is 3.48. The van der Waals surface area contributed by atoms with Gasteiger partial charge in [-0.05, 0) is 13.0 Å². The first-order valence-corrected chi connectivity index (χ1v) is 5.43. The van der Waals surface area contributed by atoms with Crippen LogP contribution in [0.1, 0.15) is 18.2 Å². The predicted molar refractivity (Wildman–Crippen MR) is 67.5 cm³/mol. The number of rotatable bonds is 4. The molecule has 0 unspecified atom stereocenters. The minimum absolute atomic E-state index is 0.600. The second kappa shape index (κ2) is 5.30. The summed E-state index contributed by atoms with van der Waals surface area (Å²) >= 11 is 0. The SMILES string of the molecule is COc1ccccc1C/N=C(/C)c1c[nH]cn1. The third-order valence-electron chi connectivity index (χ3n) is 2.55. The van der Waals surface area contributed by atoms with Crippen LogP contribution >= 0.6 is 0 Å². The molecule has 88 valence electrons. The molecule has 0 aliphatic rings. The molecule has 1 heterocycles. The lowest BCUT2D eigenvalue weighted by Gasteiger charge is -2.05. The molecule has 0 saturated carbocycles. The molecule has 0 radical (unpaired) electrons. The van der Waals surface area contributed by atoms with Gasteiger partial charge in [-0.15, -0.1) is 0 Å². The average Bonchev–Trinajstić information content (AvgIpc) is 2.90. The fourth-order valence-electron chi connectivity index (χ4n) is 1.58. The van der Waals surface area contributed by atoms with Crippen LogP contribution in [0.15, 0.2) is 41.8 Å². The van der Waals surface area contributed by atoms with E-state index in [9.17, 15) is 0 Å². The predicted octanol–water partition coefficient (Wildman–Crippen LogP) is 2.43. The number of methoxy groups -OCH3 is 1. The molecule has 0 saturated heterocycles. The Morgan fingerprint density at radius 1 is 1.41 bits per heavy atom. The van der Waals surface area contributed by atoms with Crippen molar-refractivity contribution in [1.82, 2.24) is 9.97 Å². The molecule has 17 heavy (non-hydrogen) atoms. The largest absolute Gasteiger partial charge is 0.496 e. The van der Waals surface area contributed by atoms with Crippen molar-refractivity contribution >= 4 is 5.71 Å². The molecular weight excluding hydrogens is 214 g/mol. The van der Waals surface area contributed by atoms with Gasteiger partial charge in [0, 0.05) is 11.8 Å². The molecule has 0 aliphatic carbocycles. The summed E-state index contributed by atoms with van der Waals surface area (Å²) in [5, 5.41) is 0.